The maximum Gasteiger partial charge on any atom is 0.127 e. The second kappa shape index (κ2) is 7.60. The molecule has 0 N–H and O–H groups in total. The van der Waals surface area contributed by atoms with E-state index in [1.54, 1.807) is 12.3 Å². The second-order valence-electron chi connectivity index (χ2n) is 6.78. The number of pyridine rings is 1. The molecule has 0 aliphatic carbocycles. The van der Waals surface area contributed by atoms with Crippen LogP contribution >= 0.6 is 0 Å². The fraction of sp³-hybridized carbons (Fsp3) is 0.450. The van der Waals surface area contributed by atoms with Gasteiger partial charge in [-0.3, -0.25) is 9.88 Å². The largest absolute Gasteiger partial charge is 0.374 e. The van der Waals surface area contributed by atoms with Crippen molar-refractivity contribution in [3.05, 3.63) is 65.7 Å². The maximum atomic E-state index is 14.0. The topological polar surface area (TPSA) is 34.6 Å². The highest BCUT2D eigenvalue weighted by molar-refractivity contribution is 5.18. The quantitative estimate of drug-likeness (QED) is 0.836. The van der Waals surface area contributed by atoms with Crippen molar-refractivity contribution in [1.82, 2.24) is 9.88 Å². The molecular formula is C20H23FN2O2. The maximum absolute atomic E-state index is 14.0. The Kier molecular flexibility index (Phi) is 5.06. The molecule has 0 unspecified atom stereocenters. The van der Waals surface area contributed by atoms with E-state index < -0.39 is 0 Å². The molecule has 3 heterocycles. The van der Waals surface area contributed by atoms with E-state index in [1.807, 2.05) is 30.5 Å². The van der Waals surface area contributed by atoms with Gasteiger partial charge >= 0.3 is 0 Å². The zero-order valence-corrected chi connectivity index (χ0v) is 14.2. The van der Waals surface area contributed by atoms with Gasteiger partial charge in [0.15, 0.2) is 0 Å². The van der Waals surface area contributed by atoms with Gasteiger partial charge in [-0.05, 0) is 30.5 Å². The standard InChI is InChI=1S/C20H23FN2O2/c21-17-7-2-1-6-16(17)12-23-13-19(20-18(23)8-4-10-24-20)25-14-15-5-3-9-22-11-15/h1-3,5-7,9,11,18-20H,4,8,10,12-14H2/t18-,19-,20+/m1/s1. The van der Waals surface area contributed by atoms with E-state index in [9.17, 15) is 4.39 Å². The summed E-state index contributed by atoms with van der Waals surface area (Å²) in [4.78, 5) is 6.44. The van der Waals surface area contributed by atoms with Gasteiger partial charge in [-0.1, -0.05) is 24.3 Å². The molecule has 2 aliphatic heterocycles. The smallest absolute Gasteiger partial charge is 0.127 e. The van der Waals surface area contributed by atoms with Crippen LogP contribution in [0.1, 0.15) is 24.0 Å². The molecule has 5 heteroatoms. The summed E-state index contributed by atoms with van der Waals surface area (Å²) in [6, 6.07) is 11.2. The van der Waals surface area contributed by atoms with Crippen LogP contribution in [0.2, 0.25) is 0 Å². The minimum Gasteiger partial charge on any atom is -0.374 e. The summed E-state index contributed by atoms with van der Waals surface area (Å²) in [5.41, 5.74) is 1.79. The van der Waals surface area contributed by atoms with Gasteiger partial charge in [-0.15, -0.1) is 0 Å². The third kappa shape index (κ3) is 3.73. The van der Waals surface area contributed by atoms with Crippen LogP contribution in [0.15, 0.2) is 48.8 Å². The number of hydrogen-bond donors (Lipinski definition) is 0. The summed E-state index contributed by atoms with van der Waals surface area (Å²) < 4.78 is 26.2. The number of hydrogen-bond acceptors (Lipinski definition) is 4. The molecule has 4 nitrogen and oxygen atoms in total. The molecule has 0 amide bonds. The van der Waals surface area contributed by atoms with E-state index in [1.165, 1.54) is 6.07 Å². The zero-order valence-electron chi connectivity index (χ0n) is 14.2. The van der Waals surface area contributed by atoms with Crippen LogP contribution in [0.4, 0.5) is 4.39 Å². The molecule has 0 radical (unpaired) electrons. The van der Waals surface area contributed by atoms with E-state index in [0.717, 1.165) is 37.1 Å². The molecule has 132 valence electrons. The van der Waals surface area contributed by atoms with Gasteiger partial charge in [0, 0.05) is 43.7 Å². The highest BCUT2D eigenvalue weighted by Crippen LogP contribution is 2.32. The molecule has 1 aromatic heterocycles. The average molecular weight is 342 g/mol. The van der Waals surface area contributed by atoms with Gasteiger partial charge in [0.25, 0.3) is 0 Å². The zero-order chi connectivity index (χ0) is 17.1. The van der Waals surface area contributed by atoms with Crippen LogP contribution in [-0.4, -0.2) is 41.3 Å². The monoisotopic (exact) mass is 342 g/mol. The van der Waals surface area contributed by atoms with Gasteiger partial charge in [0.1, 0.15) is 11.9 Å². The first kappa shape index (κ1) is 16.6. The predicted octanol–water partition coefficient (Wildman–Crippen LogP) is 3.17. The Morgan fingerprint density at radius 3 is 3.00 bits per heavy atom. The molecule has 3 atom stereocenters. The lowest BCUT2D eigenvalue weighted by Gasteiger charge is -2.32. The number of halogens is 1. The third-order valence-electron chi connectivity index (χ3n) is 5.10. The van der Waals surface area contributed by atoms with Crippen LogP contribution in [0.3, 0.4) is 0 Å². The first-order valence-corrected chi connectivity index (χ1v) is 8.91. The van der Waals surface area contributed by atoms with E-state index >= 15 is 0 Å². The summed E-state index contributed by atoms with van der Waals surface area (Å²) in [6.07, 6.45) is 5.78. The van der Waals surface area contributed by atoms with Crippen LogP contribution in [-0.2, 0) is 22.6 Å². The molecule has 2 fully saturated rings. The van der Waals surface area contributed by atoms with Crippen LogP contribution in [0.25, 0.3) is 0 Å². The average Bonchev–Trinajstić information content (AvgIpc) is 3.01. The highest BCUT2D eigenvalue weighted by Gasteiger charge is 2.44. The highest BCUT2D eigenvalue weighted by atomic mass is 19.1. The van der Waals surface area contributed by atoms with E-state index in [2.05, 4.69) is 9.88 Å². The van der Waals surface area contributed by atoms with Gasteiger partial charge in [-0.25, -0.2) is 4.39 Å². The lowest BCUT2D eigenvalue weighted by atomic mass is 10.0. The lowest BCUT2D eigenvalue weighted by Crippen LogP contribution is -2.41. The van der Waals surface area contributed by atoms with Crippen molar-refractivity contribution in [2.24, 2.45) is 0 Å². The Bertz CT molecular complexity index is 697. The Hall–Kier alpha value is -1.82. The van der Waals surface area contributed by atoms with Gasteiger partial charge in [0.05, 0.1) is 12.7 Å². The van der Waals surface area contributed by atoms with Crippen LogP contribution < -0.4 is 0 Å². The Balaban J connectivity index is 1.45. The van der Waals surface area contributed by atoms with E-state index in [-0.39, 0.29) is 18.0 Å². The number of fused-ring (bicyclic) bond motifs is 1. The number of rotatable bonds is 5. The summed E-state index contributed by atoms with van der Waals surface area (Å²) in [5.74, 6) is -0.143. The van der Waals surface area contributed by atoms with Crippen molar-refractivity contribution in [2.75, 3.05) is 13.2 Å². The van der Waals surface area contributed by atoms with Gasteiger partial charge in [-0.2, -0.15) is 0 Å². The van der Waals surface area contributed by atoms with E-state index in [0.29, 0.717) is 19.2 Å². The second-order valence-corrected chi connectivity index (χ2v) is 6.78. The molecule has 2 aliphatic rings. The first-order valence-electron chi connectivity index (χ1n) is 8.91. The molecule has 2 aromatic rings. The Morgan fingerprint density at radius 2 is 2.16 bits per heavy atom. The van der Waals surface area contributed by atoms with Gasteiger partial charge < -0.3 is 9.47 Å². The summed E-state index contributed by atoms with van der Waals surface area (Å²) >= 11 is 0. The molecule has 25 heavy (non-hydrogen) atoms. The van der Waals surface area contributed by atoms with Crippen molar-refractivity contribution in [3.8, 4) is 0 Å². The molecule has 0 bridgehead atoms. The molecule has 2 saturated heterocycles. The van der Waals surface area contributed by atoms with E-state index in [4.69, 9.17) is 9.47 Å². The number of aromatic nitrogens is 1. The normalized spacial score (nSPS) is 26.5. The SMILES string of the molecule is Fc1ccccc1CN1C[C@@H](OCc2cccnc2)[C@H]2OCCC[C@H]21. The summed E-state index contributed by atoms with van der Waals surface area (Å²) in [7, 11) is 0. The number of ether oxygens (including phenoxy) is 2. The van der Waals surface area contributed by atoms with Crippen LogP contribution in [0, 0.1) is 5.82 Å². The van der Waals surface area contributed by atoms with Crippen molar-refractivity contribution in [1.29, 1.82) is 0 Å². The Labute approximate surface area is 147 Å². The molecular weight excluding hydrogens is 319 g/mol. The number of likely N-dealkylation sites (tertiary alicyclic amines) is 1. The van der Waals surface area contributed by atoms with Crippen molar-refractivity contribution < 1.29 is 13.9 Å². The molecule has 0 saturated carbocycles. The minimum absolute atomic E-state index is 0.0114. The van der Waals surface area contributed by atoms with Crippen molar-refractivity contribution in [2.45, 2.75) is 44.2 Å². The summed E-state index contributed by atoms with van der Waals surface area (Å²) in [6.45, 7) is 2.67. The third-order valence-corrected chi connectivity index (χ3v) is 5.10. The van der Waals surface area contributed by atoms with Crippen LogP contribution in [0.5, 0.6) is 0 Å². The lowest BCUT2D eigenvalue weighted by molar-refractivity contribution is -0.0819. The molecule has 4 rings (SSSR count). The first-order chi connectivity index (χ1) is 12.3. The molecule has 0 spiro atoms. The predicted molar refractivity (Wildman–Crippen MR) is 92.4 cm³/mol. The molecule has 1 aromatic carbocycles. The fourth-order valence-electron chi connectivity index (χ4n) is 3.86. The minimum atomic E-state index is -0.143. The fourth-order valence-corrected chi connectivity index (χ4v) is 3.86. The number of benzene rings is 1. The Morgan fingerprint density at radius 1 is 1.24 bits per heavy atom. The summed E-state index contributed by atoms with van der Waals surface area (Å²) in [5, 5.41) is 0. The van der Waals surface area contributed by atoms with Crippen molar-refractivity contribution in [3.63, 3.8) is 0 Å². The van der Waals surface area contributed by atoms with Gasteiger partial charge in [0.2, 0.25) is 0 Å². The number of nitrogens with zero attached hydrogens (tertiary/aromatic N) is 2. The van der Waals surface area contributed by atoms with Crippen molar-refractivity contribution >= 4 is 0 Å².